The maximum atomic E-state index is 13.5. The Labute approximate surface area is 264 Å². The van der Waals surface area contributed by atoms with Gasteiger partial charge in [-0.1, -0.05) is 94.4 Å². The van der Waals surface area contributed by atoms with Gasteiger partial charge in [0.05, 0.1) is 11.0 Å². The number of aromatic nitrogens is 2. The molecule has 0 atom stereocenters. The number of nitrogens with zero attached hydrogens (tertiary/aromatic N) is 4. The van der Waals surface area contributed by atoms with Gasteiger partial charge in [0.15, 0.2) is 0 Å². The van der Waals surface area contributed by atoms with E-state index in [1.165, 1.54) is 0 Å². The molecule has 2 aromatic heterocycles. The molecule has 0 unspecified atom stereocenters. The first-order chi connectivity index (χ1) is 21.5. The van der Waals surface area contributed by atoms with Crippen molar-refractivity contribution in [2.24, 2.45) is 0 Å². The molecule has 0 saturated carbocycles. The summed E-state index contributed by atoms with van der Waals surface area (Å²) in [4.78, 5) is 41.6. The van der Waals surface area contributed by atoms with Crippen LogP contribution in [0.1, 0.15) is 31.8 Å². The van der Waals surface area contributed by atoms with E-state index < -0.39 is 0 Å². The van der Waals surface area contributed by atoms with Gasteiger partial charge in [-0.15, -0.1) is 0 Å². The van der Waals surface area contributed by atoms with Gasteiger partial charge in [0.25, 0.3) is 11.8 Å². The van der Waals surface area contributed by atoms with Gasteiger partial charge < -0.3 is 9.80 Å². The van der Waals surface area contributed by atoms with Crippen LogP contribution in [0.2, 0.25) is 0 Å². The summed E-state index contributed by atoms with van der Waals surface area (Å²) in [5.74, 6) is -0.104. The van der Waals surface area contributed by atoms with Crippen molar-refractivity contribution < 1.29 is 9.59 Å². The van der Waals surface area contributed by atoms with Crippen LogP contribution in [0.15, 0.2) is 131 Å². The zero-order valence-electron chi connectivity index (χ0n) is 24.4. The number of pyridine rings is 2. The predicted octanol–water partition coefficient (Wildman–Crippen LogP) is 8.13. The third-order valence-corrected chi connectivity index (χ3v) is 9.79. The number of rotatable bonds is 9. The van der Waals surface area contributed by atoms with E-state index in [1.54, 1.807) is 43.8 Å². The largest absolute Gasteiger partial charge is 0.337 e. The van der Waals surface area contributed by atoms with Crippen molar-refractivity contribution in [3.8, 4) is 0 Å². The number of carbonyl (C=O) groups excluding carboxylic acids is 2. The molecule has 8 heteroatoms. The number of carbonyl (C=O) groups is 2. The third-order valence-electron chi connectivity index (χ3n) is 7.37. The zero-order valence-corrected chi connectivity index (χ0v) is 26.0. The molecule has 0 aliphatic carbocycles. The fourth-order valence-corrected chi connectivity index (χ4v) is 7.42. The second kappa shape index (κ2) is 13.3. The second-order valence-corrected chi connectivity index (χ2v) is 12.7. The lowest BCUT2D eigenvalue weighted by molar-refractivity contribution is 0.0780. The first kappa shape index (κ1) is 29.4. The highest BCUT2D eigenvalue weighted by Gasteiger charge is 2.20. The summed E-state index contributed by atoms with van der Waals surface area (Å²) in [5.41, 5.74) is 4.94. The van der Waals surface area contributed by atoms with Crippen molar-refractivity contribution >= 4 is 55.2 Å². The summed E-state index contributed by atoms with van der Waals surface area (Å²) in [6.45, 7) is 1.04. The van der Waals surface area contributed by atoms with Crippen LogP contribution in [-0.4, -0.2) is 45.7 Å². The average molecular weight is 615 g/mol. The lowest BCUT2D eigenvalue weighted by Gasteiger charge is -2.19. The van der Waals surface area contributed by atoms with Gasteiger partial charge in [0, 0.05) is 71.3 Å². The van der Waals surface area contributed by atoms with E-state index in [2.05, 4.69) is 9.97 Å². The molecule has 6 rings (SSSR count). The molecule has 6 aromatic rings. The Morgan fingerprint density at radius 2 is 0.955 bits per heavy atom. The molecule has 0 radical (unpaired) electrons. The zero-order chi connectivity index (χ0) is 30.5. The molecule has 0 bridgehead atoms. The molecule has 0 N–H and O–H groups in total. The van der Waals surface area contributed by atoms with Crippen LogP contribution < -0.4 is 0 Å². The molecule has 44 heavy (non-hydrogen) atoms. The molecule has 0 spiro atoms. The van der Waals surface area contributed by atoms with E-state index in [1.807, 2.05) is 123 Å². The summed E-state index contributed by atoms with van der Waals surface area (Å²) in [6.07, 6.45) is 3.50. The van der Waals surface area contributed by atoms with E-state index in [0.717, 1.165) is 42.7 Å². The van der Waals surface area contributed by atoms with Crippen LogP contribution in [0.5, 0.6) is 0 Å². The van der Waals surface area contributed by atoms with Crippen molar-refractivity contribution in [2.45, 2.75) is 22.9 Å². The third kappa shape index (κ3) is 6.32. The van der Waals surface area contributed by atoms with Crippen LogP contribution in [0.3, 0.4) is 0 Å². The molecule has 4 aromatic carbocycles. The van der Waals surface area contributed by atoms with Crippen LogP contribution in [0, 0.1) is 0 Å². The highest BCUT2D eigenvalue weighted by atomic mass is 33.1. The molecule has 218 valence electrons. The summed E-state index contributed by atoms with van der Waals surface area (Å²) >= 11 is 0. The lowest BCUT2D eigenvalue weighted by atomic mass is 10.1. The first-order valence-corrected chi connectivity index (χ1v) is 16.3. The van der Waals surface area contributed by atoms with Crippen molar-refractivity contribution in [1.82, 2.24) is 19.8 Å². The Morgan fingerprint density at radius 1 is 0.545 bits per heavy atom. The number of fused-ring (bicyclic) bond motifs is 2. The molecule has 0 fully saturated rings. The van der Waals surface area contributed by atoms with Crippen LogP contribution in [-0.2, 0) is 13.1 Å². The molecule has 2 amide bonds. The molecule has 0 aliphatic heterocycles. The Kier molecular flexibility index (Phi) is 8.91. The Balaban J connectivity index is 1.24. The first-order valence-electron chi connectivity index (χ1n) is 14.2. The summed E-state index contributed by atoms with van der Waals surface area (Å²) in [5, 5.41) is 1.63. The second-order valence-electron chi connectivity index (χ2n) is 10.5. The molecular weight excluding hydrogens is 585 g/mol. The highest BCUT2D eigenvalue weighted by Crippen LogP contribution is 2.43. The van der Waals surface area contributed by atoms with E-state index >= 15 is 0 Å². The molecule has 0 saturated heterocycles. The Hall–Kier alpha value is -4.66. The standard InChI is InChI=1S/C36H30N4O2S2/c1-39(23-25-11-5-3-6-12-25)35(41)29-17-19-31(33-27(29)15-9-21-37-33)43-44-32-20-18-30(28-16-10-22-38-34(28)32)36(42)40(2)24-26-13-7-4-8-14-26/h3-22H,23-24H2,1-2H3. The minimum absolute atomic E-state index is 0.0521. The fraction of sp³-hybridized carbons (Fsp3) is 0.111. The quantitative estimate of drug-likeness (QED) is 0.153. The van der Waals surface area contributed by atoms with Gasteiger partial charge in [0.1, 0.15) is 0 Å². The monoisotopic (exact) mass is 614 g/mol. The van der Waals surface area contributed by atoms with Gasteiger partial charge in [0.2, 0.25) is 0 Å². The normalized spacial score (nSPS) is 11.0. The smallest absolute Gasteiger partial charge is 0.254 e. The van der Waals surface area contributed by atoms with Gasteiger partial charge in [-0.05, 0) is 47.5 Å². The predicted molar refractivity (Wildman–Crippen MR) is 180 cm³/mol. The van der Waals surface area contributed by atoms with Crippen molar-refractivity contribution in [2.75, 3.05) is 14.1 Å². The number of benzene rings is 4. The molecular formula is C36H30N4O2S2. The van der Waals surface area contributed by atoms with Crippen LogP contribution in [0.4, 0.5) is 0 Å². The van der Waals surface area contributed by atoms with Crippen LogP contribution >= 0.6 is 21.6 Å². The summed E-state index contributed by atoms with van der Waals surface area (Å²) in [7, 11) is 6.77. The van der Waals surface area contributed by atoms with Gasteiger partial charge in [-0.3, -0.25) is 19.6 Å². The van der Waals surface area contributed by atoms with Crippen molar-refractivity contribution in [3.63, 3.8) is 0 Å². The maximum absolute atomic E-state index is 13.5. The number of amides is 2. The van der Waals surface area contributed by atoms with E-state index in [4.69, 9.17) is 0 Å². The van der Waals surface area contributed by atoms with E-state index in [9.17, 15) is 9.59 Å². The number of hydrogen-bond donors (Lipinski definition) is 0. The van der Waals surface area contributed by atoms with Gasteiger partial charge >= 0.3 is 0 Å². The average Bonchev–Trinajstić information content (AvgIpc) is 3.07. The van der Waals surface area contributed by atoms with E-state index in [0.29, 0.717) is 24.2 Å². The molecule has 6 nitrogen and oxygen atoms in total. The lowest BCUT2D eigenvalue weighted by Crippen LogP contribution is -2.26. The van der Waals surface area contributed by atoms with Gasteiger partial charge in [-0.25, -0.2) is 0 Å². The topological polar surface area (TPSA) is 66.4 Å². The fourth-order valence-electron chi connectivity index (χ4n) is 5.16. The number of hydrogen-bond acceptors (Lipinski definition) is 6. The molecule has 2 heterocycles. The van der Waals surface area contributed by atoms with E-state index in [-0.39, 0.29) is 11.8 Å². The van der Waals surface area contributed by atoms with Crippen LogP contribution in [0.25, 0.3) is 21.8 Å². The summed E-state index contributed by atoms with van der Waals surface area (Å²) in [6, 6.07) is 35.2. The summed E-state index contributed by atoms with van der Waals surface area (Å²) < 4.78 is 0. The SMILES string of the molecule is CN(Cc1ccccc1)C(=O)c1ccc(SSc2ccc(C(=O)N(C)Cc3ccccc3)c3cccnc23)c2ncccc12. The molecule has 0 aliphatic rings. The Bertz CT molecular complexity index is 1810. The Morgan fingerprint density at radius 3 is 1.36 bits per heavy atom. The minimum atomic E-state index is -0.0521. The minimum Gasteiger partial charge on any atom is -0.337 e. The van der Waals surface area contributed by atoms with Crippen molar-refractivity contribution in [3.05, 3.63) is 144 Å². The maximum Gasteiger partial charge on any atom is 0.254 e. The van der Waals surface area contributed by atoms with Gasteiger partial charge in [-0.2, -0.15) is 0 Å². The highest BCUT2D eigenvalue weighted by molar-refractivity contribution is 8.76. The van der Waals surface area contributed by atoms with Crippen molar-refractivity contribution in [1.29, 1.82) is 0 Å².